The number of rotatable bonds is 3. The van der Waals surface area contributed by atoms with Crippen molar-refractivity contribution in [1.29, 1.82) is 0 Å². The van der Waals surface area contributed by atoms with E-state index < -0.39 is 5.38 Å². The third-order valence-electron chi connectivity index (χ3n) is 2.40. The van der Waals surface area contributed by atoms with Gasteiger partial charge < -0.3 is 0 Å². The maximum Gasteiger partial charge on any atom is 0.257 e. The molecule has 0 saturated heterocycles. The Morgan fingerprint density at radius 3 is 2.28 bits per heavy atom. The van der Waals surface area contributed by atoms with Gasteiger partial charge in [-0.2, -0.15) is 5.10 Å². The molecule has 4 heteroatoms. The van der Waals surface area contributed by atoms with E-state index in [-0.39, 0.29) is 11.3 Å². The van der Waals surface area contributed by atoms with Crippen molar-refractivity contribution in [1.82, 2.24) is 5.43 Å². The van der Waals surface area contributed by atoms with Crippen LogP contribution in [0, 0.1) is 5.41 Å². The fourth-order valence-corrected chi connectivity index (χ4v) is 1.51. The predicted octanol–water partition coefficient (Wildman–Crippen LogP) is 3.18. The maximum absolute atomic E-state index is 11.5. The Bertz CT molecular complexity index is 433. The number of nitrogens with zero attached hydrogens (tertiary/aromatic N) is 1. The number of hydrazone groups is 1. The van der Waals surface area contributed by atoms with E-state index in [0.717, 1.165) is 11.3 Å². The highest BCUT2D eigenvalue weighted by Crippen LogP contribution is 2.21. The highest BCUT2D eigenvalue weighted by atomic mass is 35.5. The number of carbonyl (C=O) groups is 1. The molecule has 1 atom stereocenters. The molecule has 1 amide bonds. The lowest BCUT2D eigenvalue weighted by Gasteiger charge is -2.21. The number of halogens is 1. The summed E-state index contributed by atoms with van der Waals surface area (Å²) < 4.78 is 0. The normalized spacial score (nSPS) is 14.2. The summed E-state index contributed by atoms with van der Waals surface area (Å²) in [7, 11) is 0. The Morgan fingerprint density at radius 2 is 1.83 bits per heavy atom. The fourth-order valence-electron chi connectivity index (χ4n) is 1.46. The van der Waals surface area contributed by atoms with E-state index >= 15 is 0 Å². The van der Waals surface area contributed by atoms with Gasteiger partial charge in [-0.1, -0.05) is 51.1 Å². The molecule has 0 aromatic heterocycles. The molecule has 3 nitrogen and oxygen atoms in total. The standard InChI is InChI=1S/C14H19ClN2O/c1-10(15)13(18)17-16-12(14(2,3)4)11-8-6-5-7-9-11/h5-10H,1-4H3,(H,17,18)/b16-12+. The number of benzene rings is 1. The first kappa shape index (κ1) is 14.7. The minimum atomic E-state index is -0.592. The summed E-state index contributed by atoms with van der Waals surface area (Å²) in [6, 6.07) is 9.79. The zero-order valence-electron chi connectivity index (χ0n) is 11.2. The maximum atomic E-state index is 11.5. The Morgan fingerprint density at radius 1 is 1.28 bits per heavy atom. The van der Waals surface area contributed by atoms with Crippen molar-refractivity contribution in [2.75, 3.05) is 0 Å². The van der Waals surface area contributed by atoms with Crippen molar-refractivity contribution < 1.29 is 4.79 Å². The molecule has 1 unspecified atom stereocenters. The highest BCUT2D eigenvalue weighted by Gasteiger charge is 2.21. The smallest absolute Gasteiger partial charge is 0.257 e. The van der Waals surface area contributed by atoms with Gasteiger partial charge in [-0.15, -0.1) is 11.6 Å². The van der Waals surface area contributed by atoms with Crippen LogP contribution in [0.25, 0.3) is 0 Å². The zero-order chi connectivity index (χ0) is 13.8. The molecule has 1 rings (SSSR count). The van der Waals surface area contributed by atoms with Gasteiger partial charge in [0.05, 0.1) is 5.71 Å². The van der Waals surface area contributed by atoms with Crippen LogP contribution in [0.15, 0.2) is 35.4 Å². The number of nitrogens with one attached hydrogen (secondary N) is 1. The summed E-state index contributed by atoms with van der Waals surface area (Å²) in [6.07, 6.45) is 0. The summed E-state index contributed by atoms with van der Waals surface area (Å²) in [4.78, 5) is 11.5. The van der Waals surface area contributed by atoms with E-state index in [0.29, 0.717) is 0 Å². The average Bonchev–Trinajstić information content (AvgIpc) is 2.28. The van der Waals surface area contributed by atoms with Gasteiger partial charge in [0.2, 0.25) is 0 Å². The van der Waals surface area contributed by atoms with E-state index in [4.69, 9.17) is 11.6 Å². The topological polar surface area (TPSA) is 41.5 Å². The fraction of sp³-hybridized carbons (Fsp3) is 0.429. The predicted molar refractivity (Wildman–Crippen MR) is 75.9 cm³/mol. The van der Waals surface area contributed by atoms with Crippen LogP contribution in [0.2, 0.25) is 0 Å². The van der Waals surface area contributed by atoms with Crippen LogP contribution in [0.3, 0.4) is 0 Å². The molecule has 0 fully saturated rings. The zero-order valence-corrected chi connectivity index (χ0v) is 12.0. The van der Waals surface area contributed by atoms with Gasteiger partial charge in [0, 0.05) is 5.41 Å². The average molecular weight is 267 g/mol. The molecule has 0 saturated carbocycles. The lowest BCUT2D eigenvalue weighted by atomic mass is 9.86. The Balaban J connectivity index is 3.01. The van der Waals surface area contributed by atoms with E-state index in [1.807, 2.05) is 30.3 Å². The summed E-state index contributed by atoms with van der Waals surface area (Å²) >= 11 is 5.69. The van der Waals surface area contributed by atoms with Crippen molar-refractivity contribution in [2.24, 2.45) is 10.5 Å². The quantitative estimate of drug-likeness (QED) is 0.510. The third kappa shape index (κ3) is 4.15. The number of hydrogen-bond acceptors (Lipinski definition) is 2. The Labute approximate surface area is 113 Å². The molecule has 1 aromatic carbocycles. The summed E-state index contributed by atoms with van der Waals surface area (Å²) in [5.41, 5.74) is 4.16. The molecule has 1 N–H and O–H groups in total. The molecule has 98 valence electrons. The number of hydrogen-bond donors (Lipinski definition) is 1. The van der Waals surface area contributed by atoms with Gasteiger partial charge in [-0.3, -0.25) is 4.79 Å². The van der Waals surface area contributed by atoms with Crippen LogP contribution in [0.5, 0.6) is 0 Å². The minimum absolute atomic E-state index is 0.163. The molecule has 0 aliphatic rings. The van der Waals surface area contributed by atoms with E-state index in [1.165, 1.54) is 0 Å². The molecular weight excluding hydrogens is 248 g/mol. The number of alkyl halides is 1. The van der Waals surface area contributed by atoms with Gasteiger partial charge in [0.25, 0.3) is 5.91 Å². The molecule has 1 aromatic rings. The molecule has 0 spiro atoms. The van der Waals surface area contributed by atoms with Crippen molar-refractivity contribution >= 4 is 23.2 Å². The van der Waals surface area contributed by atoms with Gasteiger partial charge in [0.15, 0.2) is 0 Å². The number of amides is 1. The summed E-state index contributed by atoms with van der Waals surface area (Å²) in [6.45, 7) is 7.77. The second-order valence-electron chi connectivity index (χ2n) is 5.17. The van der Waals surface area contributed by atoms with Crippen LogP contribution < -0.4 is 5.43 Å². The summed E-state index contributed by atoms with van der Waals surface area (Å²) in [5.74, 6) is -0.297. The Hall–Kier alpha value is -1.35. The minimum Gasteiger partial charge on any atom is -0.271 e. The van der Waals surface area contributed by atoms with E-state index in [1.54, 1.807) is 6.92 Å². The first-order valence-electron chi connectivity index (χ1n) is 5.90. The Kier molecular flexibility index (Phi) is 4.91. The van der Waals surface area contributed by atoms with Crippen LogP contribution in [-0.2, 0) is 4.79 Å². The van der Waals surface area contributed by atoms with Crippen molar-refractivity contribution in [3.8, 4) is 0 Å². The van der Waals surface area contributed by atoms with Crippen LogP contribution >= 0.6 is 11.6 Å². The number of carbonyl (C=O) groups excluding carboxylic acids is 1. The van der Waals surface area contributed by atoms with Crippen molar-refractivity contribution in [2.45, 2.75) is 33.1 Å². The second kappa shape index (κ2) is 6.01. The first-order chi connectivity index (χ1) is 8.32. The van der Waals surface area contributed by atoms with Crippen LogP contribution in [-0.4, -0.2) is 17.0 Å². The van der Waals surface area contributed by atoms with Crippen LogP contribution in [0.1, 0.15) is 33.3 Å². The molecule has 0 bridgehead atoms. The van der Waals surface area contributed by atoms with Crippen molar-refractivity contribution in [3.05, 3.63) is 35.9 Å². The van der Waals surface area contributed by atoms with E-state index in [9.17, 15) is 4.79 Å². The largest absolute Gasteiger partial charge is 0.271 e. The van der Waals surface area contributed by atoms with Gasteiger partial charge in [-0.05, 0) is 12.5 Å². The molecule has 0 heterocycles. The van der Waals surface area contributed by atoms with Gasteiger partial charge in [-0.25, -0.2) is 5.43 Å². The SMILES string of the molecule is CC(Cl)C(=O)N/N=C(\c1ccccc1)C(C)(C)C. The second-order valence-corrected chi connectivity index (χ2v) is 5.82. The molecule has 0 aliphatic carbocycles. The van der Waals surface area contributed by atoms with Gasteiger partial charge in [0.1, 0.15) is 5.38 Å². The van der Waals surface area contributed by atoms with E-state index in [2.05, 4.69) is 31.3 Å². The summed E-state index contributed by atoms with van der Waals surface area (Å²) in [5, 5.41) is 3.63. The van der Waals surface area contributed by atoms with Gasteiger partial charge >= 0.3 is 0 Å². The first-order valence-corrected chi connectivity index (χ1v) is 6.33. The van der Waals surface area contributed by atoms with Crippen molar-refractivity contribution in [3.63, 3.8) is 0 Å². The molecule has 0 radical (unpaired) electrons. The monoisotopic (exact) mass is 266 g/mol. The van der Waals surface area contributed by atoms with Crippen LogP contribution in [0.4, 0.5) is 0 Å². The highest BCUT2D eigenvalue weighted by molar-refractivity contribution is 6.30. The lowest BCUT2D eigenvalue weighted by Crippen LogP contribution is -2.30. The molecule has 0 aliphatic heterocycles. The third-order valence-corrected chi connectivity index (χ3v) is 2.60. The molecular formula is C14H19ClN2O. The lowest BCUT2D eigenvalue weighted by molar-refractivity contribution is -0.120. The molecule has 18 heavy (non-hydrogen) atoms.